The van der Waals surface area contributed by atoms with Crippen molar-refractivity contribution in [3.8, 4) is 11.5 Å². The first-order valence-corrected chi connectivity index (χ1v) is 9.03. The van der Waals surface area contributed by atoms with Gasteiger partial charge in [-0.05, 0) is 43.7 Å². The predicted octanol–water partition coefficient (Wildman–Crippen LogP) is 4.48. The number of anilines is 2. The van der Waals surface area contributed by atoms with Gasteiger partial charge in [0.1, 0.15) is 24.9 Å². The highest BCUT2D eigenvalue weighted by molar-refractivity contribution is 5.92. The first kappa shape index (κ1) is 19.1. The Balaban J connectivity index is 1.73. The number of alkyl halides is 3. The molecule has 0 saturated heterocycles. The largest absolute Gasteiger partial charge is 0.486 e. The van der Waals surface area contributed by atoms with E-state index in [0.717, 1.165) is 12.1 Å². The smallest absolute Gasteiger partial charge is 0.416 e. The van der Waals surface area contributed by atoms with Crippen LogP contribution in [0.25, 0.3) is 10.9 Å². The number of nitrogen functional groups attached to an aromatic ring is 1. The van der Waals surface area contributed by atoms with Gasteiger partial charge in [0.05, 0.1) is 17.1 Å². The molecule has 0 bridgehead atoms. The van der Waals surface area contributed by atoms with Gasteiger partial charge in [0.2, 0.25) is 0 Å². The number of nitrogens with two attached hydrogens (primary N) is 1. The molecule has 6 nitrogen and oxygen atoms in total. The van der Waals surface area contributed by atoms with E-state index in [4.69, 9.17) is 15.2 Å². The highest BCUT2D eigenvalue weighted by Crippen LogP contribution is 2.37. The fourth-order valence-corrected chi connectivity index (χ4v) is 3.27. The number of hydrogen-bond donors (Lipinski definition) is 2. The van der Waals surface area contributed by atoms with Crippen LogP contribution in [0.2, 0.25) is 0 Å². The highest BCUT2D eigenvalue weighted by atomic mass is 19.4. The third kappa shape index (κ3) is 3.85. The Morgan fingerprint density at radius 3 is 2.41 bits per heavy atom. The number of halogens is 3. The van der Waals surface area contributed by atoms with Gasteiger partial charge in [-0.1, -0.05) is 0 Å². The van der Waals surface area contributed by atoms with Gasteiger partial charge in [0.25, 0.3) is 0 Å². The molecule has 0 amide bonds. The van der Waals surface area contributed by atoms with Crippen molar-refractivity contribution in [2.24, 2.45) is 0 Å². The molecule has 2 aromatic carbocycles. The molecule has 0 radical (unpaired) electrons. The quantitative estimate of drug-likeness (QED) is 0.627. The van der Waals surface area contributed by atoms with Crippen LogP contribution in [0.15, 0.2) is 30.3 Å². The summed E-state index contributed by atoms with van der Waals surface area (Å²) in [7, 11) is 0. The fourth-order valence-electron chi connectivity index (χ4n) is 3.27. The fraction of sp³-hybridized carbons (Fsp3) is 0.300. The molecule has 0 spiro atoms. The Hall–Kier alpha value is -3.23. The maximum atomic E-state index is 13.1. The van der Waals surface area contributed by atoms with E-state index in [0.29, 0.717) is 52.8 Å². The Labute approximate surface area is 164 Å². The Morgan fingerprint density at radius 1 is 1.03 bits per heavy atom. The lowest BCUT2D eigenvalue weighted by Crippen LogP contribution is -2.16. The van der Waals surface area contributed by atoms with Gasteiger partial charge in [0, 0.05) is 17.1 Å². The van der Waals surface area contributed by atoms with Crippen LogP contribution in [0.5, 0.6) is 11.5 Å². The number of hydrogen-bond acceptors (Lipinski definition) is 6. The molecule has 2 heterocycles. The molecule has 29 heavy (non-hydrogen) atoms. The zero-order valence-corrected chi connectivity index (χ0v) is 15.8. The lowest BCUT2D eigenvalue weighted by atomic mass is 10.0. The molecule has 1 atom stereocenters. The summed E-state index contributed by atoms with van der Waals surface area (Å²) in [6.07, 6.45) is -4.47. The summed E-state index contributed by atoms with van der Waals surface area (Å²) >= 11 is 0. The summed E-state index contributed by atoms with van der Waals surface area (Å²) in [4.78, 5) is 8.87. The highest BCUT2D eigenvalue weighted by Gasteiger charge is 2.31. The van der Waals surface area contributed by atoms with Gasteiger partial charge in [0.15, 0.2) is 11.5 Å². The number of nitrogens with one attached hydrogen (secondary N) is 1. The van der Waals surface area contributed by atoms with Crippen molar-refractivity contribution in [2.75, 3.05) is 24.3 Å². The van der Waals surface area contributed by atoms with Gasteiger partial charge < -0.3 is 20.5 Å². The number of ether oxygens (including phenoxy) is 2. The van der Waals surface area contributed by atoms with E-state index in [-0.39, 0.29) is 5.69 Å². The van der Waals surface area contributed by atoms with Crippen LogP contribution in [0.1, 0.15) is 29.9 Å². The summed E-state index contributed by atoms with van der Waals surface area (Å²) < 4.78 is 50.6. The zero-order chi connectivity index (χ0) is 20.8. The lowest BCUT2D eigenvalue weighted by molar-refractivity contribution is -0.137. The summed E-state index contributed by atoms with van der Waals surface area (Å²) in [5, 5.41) is 3.87. The third-order valence-corrected chi connectivity index (χ3v) is 4.63. The van der Waals surface area contributed by atoms with Crippen molar-refractivity contribution in [1.82, 2.24) is 9.97 Å². The topological polar surface area (TPSA) is 82.3 Å². The van der Waals surface area contributed by atoms with Gasteiger partial charge in [-0.25, -0.2) is 9.97 Å². The molecule has 152 valence electrons. The van der Waals surface area contributed by atoms with E-state index >= 15 is 0 Å². The van der Waals surface area contributed by atoms with Crippen molar-refractivity contribution in [3.63, 3.8) is 0 Å². The molecule has 1 aromatic heterocycles. The first-order chi connectivity index (χ1) is 13.7. The van der Waals surface area contributed by atoms with E-state index < -0.39 is 17.8 Å². The van der Waals surface area contributed by atoms with Gasteiger partial charge >= 0.3 is 6.18 Å². The molecule has 9 heteroatoms. The number of aromatic nitrogens is 2. The predicted molar refractivity (Wildman–Crippen MR) is 103 cm³/mol. The van der Waals surface area contributed by atoms with Crippen LogP contribution >= 0.6 is 0 Å². The van der Waals surface area contributed by atoms with Crippen LogP contribution in [0.3, 0.4) is 0 Å². The first-order valence-electron chi connectivity index (χ1n) is 9.03. The Bertz CT molecular complexity index is 1090. The van der Waals surface area contributed by atoms with Gasteiger partial charge in [-0.2, -0.15) is 13.2 Å². The normalized spacial score (nSPS) is 14.7. The standard InChI is InChI=1S/C20H19F3N4O2/c1-10(12-5-13(20(21,22)23)7-14(24)6-12)25-19-15-8-17-18(29-4-3-28-17)9-16(15)26-11(2)27-19/h5-10H,3-4,24H2,1-2H3,(H,25,26,27)/t10-/m1/s1. The molecule has 1 aliphatic heterocycles. The maximum Gasteiger partial charge on any atom is 0.416 e. The second-order valence-corrected chi connectivity index (χ2v) is 6.88. The number of fused-ring (bicyclic) bond motifs is 2. The summed E-state index contributed by atoms with van der Waals surface area (Å²) in [5.41, 5.74) is 6.01. The van der Waals surface area contributed by atoms with Crippen molar-refractivity contribution >= 4 is 22.4 Å². The molecule has 0 unspecified atom stereocenters. The average molecular weight is 404 g/mol. The van der Waals surface area contributed by atoms with Crippen molar-refractivity contribution in [2.45, 2.75) is 26.1 Å². The van der Waals surface area contributed by atoms with Crippen LogP contribution in [-0.2, 0) is 6.18 Å². The minimum Gasteiger partial charge on any atom is -0.486 e. The SMILES string of the molecule is Cc1nc(N[C@H](C)c2cc(N)cc(C(F)(F)F)c2)c2cc3c(cc2n1)OCCO3. The minimum absolute atomic E-state index is 0.0480. The molecular formula is C20H19F3N4O2. The second-order valence-electron chi connectivity index (χ2n) is 6.88. The minimum atomic E-state index is -4.47. The van der Waals surface area contributed by atoms with Crippen molar-refractivity contribution < 1.29 is 22.6 Å². The zero-order valence-electron chi connectivity index (χ0n) is 15.8. The van der Waals surface area contributed by atoms with E-state index in [9.17, 15) is 13.2 Å². The molecule has 0 fully saturated rings. The van der Waals surface area contributed by atoms with Crippen LogP contribution in [0, 0.1) is 6.92 Å². The van der Waals surface area contributed by atoms with E-state index in [1.807, 2.05) is 0 Å². The summed E-state index contributed by atoms with van der Waals surface area (Å²) in [6, 6.07) is 6.59. The van der Waals surface area contributed by atoms with Crippen LogP contribution in [-0.4, -0.2) is 23.2 Å². The van der Waals surface area contributed by atoms with Crippen molar-refractivity contribution in [1.29, 1.82) is 0 Å². The number of nitrogens with zero attached hydrogens (tertiary/aromatic N) is 2. The van der Waals surface area contributed by atoms with Gasteiger partial charge in [-0.15, -0.1) is 0 Å². The molecule has 0 saturated carbocycles. The number of benzene rings is 2. The van der Waals surface area contributed by atoms with Crippen molar-refractivity contribution in [3.05, 3.63) is 47.3 Å². The molecule has 1 aliphatic rings. The molecule has 0 aliphatic carbocycles. The van der Waals surface area contributed by atoms with E-state index in [1.165, 1.54) is 6.07 Å². The summed E-state index contributed by atoms with van der Waals surface area (Å²) in [6.45, 7) is 4.39. The Morgan fingerprint density at radius 2 is 1.72 bits per heavy atom. The Kier molecular flexibility index (Phi) is 4.60. The number of rotatable bonds is 3. The molecule has 4 rings (SSSR count). The lowest BCUT2D eigenvalue weighted by Gasteiger charge is -2.21. The van der Waals surface area contributed by atoms with E-state index in [2.05, 4.69) is 15.3 Å². The van der Waals surface area contributed by atoms with Gasteiger partial charge in [-0.3, -0.25) is 0 Å². The second kappa shape index (κ2) is 6.98. The summed E-state index contributed by atoms with van der Waals surface area (Å²) in [5.74, 6) is 2.20. The average Bonchev–Trinajstić information content (AvgIpc) is 2.65. The van der Waals surface area contributed by atoms with E-state index in [1.54, 1.807) is 26.0 Å². The monoisotopic (exact) mass is 404 g/mol. The number of aryl methyl sites for hydroxylation is 1. The maximum absolute atomic E-state index is 13.1. The van der Waals surface area contributed by atoms with Crippen LogP contribution in [0.4, 0.5) is 24.7 Å². The molecular weight excluding hydrogens is 385 g/mol. The molecule has 3 aromatic rings. The third-order valence-electron chi connectivity index (χ3n) is 4.63. The molecule has 3 N–H and O–H groups in total. The van der Waals surface area contributed by atoms with Crippen LogP contribution < -0.4 is 20.5 Å².